The van der Waals surface area contributed by atoms with Gasteiger partial charge in [-0.2, -0.15) is 0 Å². The number of aromatic amines is 1. The average molecular weight is 595 g/mol. The van der Waals surface area contributed by atoms with Gasteiger partial charge in [-0.3, -0.25) is 24.4 Å². The van der Waals surface area contributed by atoms with Gasteiger partial charge in [0.25, 0.3) is 5.56 Å². The van der Waals surface area contributed by atoms with E-state index >= 15 is 0 Å². The molecule has 0 bridgehead atoms. The van der Waals surface area contributed by atoms with Crippen molar-refractivity contribution in [1.29, 1.82) is 0 Å². The van der Waals surface area contributed by atoms with E-state index in [1.54, 1.807) is 11.8 Å². The number of nitrogens with two attached hydrogens (primary N) is 3. The van der Waals surface area contributed by atoms with E-state index in [-0.39, 0.29) is 30.4 Å². The third-order valence-corrected chi connectivity index (χ3v) is 7.24. The van der Waals surface area contributed by atoms with Gasteiger partial charge in [0.1, 0.15) is 6.04 Å². The Kier molecular flexibility index (Phi) is 10.8. The van der Waals surface area contributed by atoms with Crippen molar-refractivity contribution < 1.29 is 9.59 Å². The fourth-order valence-electron chi connectivity index (χ4n) is 4.91. The number of carbonyl (C=O) groups excluding carboxylic acids is 2. The molecule has 3 aromatic carbocycles. The number of anilines is 1. The van der Waals surface area contributed by atoms with E-state index in [9.17, 15) is 14.4 Å². The Morgan fingerprint density at radius 2 is 1.50 bits per heavy atom. The SMILES string of the molecule is Cc1cnc(NCc2ccc(CN(C(=O)C(c3ccccc3)c3ccccc3)[C@H](CCCN=C(N)N)C(N)=O)cc2)[nH]c1=O. The molecule has 11 heteroatoms. The third kappa shape index (κ3) is 8.54. The number of amides is 2. The maximum Gasteiger partial charge on any atom is 0.255 e. The standard InChI is InChI=1S/C33H38N8O3/c1-22-19-38-33(40-30(22)43)39-20-23-14-16-24(17-15-23)21-41(27(29(34)42)13-8-18-37-32(35)36)31(44)28(25-9-4-2-5-10-25)26-11-6-3-7-12-26/h2-7,9-12,14-17,19,27-28H,8,13,18,20-21H2,1H3,(H2,34,42)(H4,35,36,37)(H2,38,39,40,43)/t27-/m1/s1. The van der Waals surface area contributed by atoms with Crippen LogP contribution in [0.5, 0.6) is 0 Å². The van der Waals surface area contributed by atoms with Crippen LogP contribution in [-0.2, 0) is 22.7 Å². The minimum atomic E-state index is -0.891. The zero-order chi connectivity index (χ0) is 31.5. The van der Waals surface area contributed by atoms with E-state index in [4.69, 9.17) is 17.2 Å². The van der Waals surface area contributed by atoms with Crippen LogP contribution in [0.15, 0.2) is 101 Å². The number of benzene rings is 3. The van der Waals surface area contributed by atoms with Crippen LogP contribution in [0.1, 0.15) is 46.6 Å². The number of H-pyrrole nitrogens is 1. The van der Waals surface area contributed by atoms with Crippen molar-refractivity contribution in [3.8, 4) is 0 Å². The van der Waals surface area contributed by atoms with Crippen LogP contribution in [0.25, 0.3) is 0 Å². The molecule has 2 amide bonds. The molecule has 0 saturated heterocycles. The molecule has 1 heterocycles. The maximum absolute atomic E-state index is 14.5. The Morgan fingerprint density at radius 3 is 2.05 bits per heavy atom. The van der Waals surface area contributed by atoms with Crippen molar-refractivity contribution in [2.24, 2.45) is 22.2 Å². The second-order valence-electron chi connectivity index (χ2n) is 10.5. The van der Waals surface area contributed by atoms with Crippen molar-refractivity contribution in [3.63, 3.8) is 0 Å². The molecule has 0 unspecified atom stereocenters. The van der Waals surface area contributed by atoms with Gasteiger partial charge in [-0.25, -0.2) is 4.98 Å². The van der Waals surface area contributed by atoms with E-state index in [0.29, 0.717) is 31.0 Å². The van der Waals surface area contributed by atoms with Crippen molar-refractivity contribution >= 4 is 23.7 Å². The molecule has 44 heavy (non-hydrogen) atoms. The molecule has 0 radical (unpaired) electrons. The molecule has 228 valence electrons. The molecule has 0 aliphatic rings. The van der Waals surface area contributed by atoms with Gasteiger partial charge in [-0.1, -0.05) is 84.9 Å². The number of guanidine groups is 1. The Balaban J connectivity index is 1.62. The van der Waals surface area contributed by atoms with E-state index in [2.05, 4.69) is 20.3 Å². The van der Waals surface area contributed by atoms with Crippen LogP contribution in [0.3, 0.4) is 0 Å². The number of hydrogen-bond donors (Lipinski definition) is 5. The topological polar surface area (TPSA) is 186 Å². The summed E-state index contributed by atoms with van der Waals surface area (Å²) in [5, 5.41) is 3.11. The van der Waals surface area contributed by atoms with Crippen molar-refractivity contribution in [3.05, 3.63) is 129 Å². The zero-order valence-electron chi connectivity index (χ0n) is 24.6. The highest BCUT2D eigenvalue weighted by Gasteiger charge is 2.34. The molecule has 1 aromatic heterocycles. The van der Waals surface area contributed by atoms with Gasteiger partial charge in [0.2, 0.25) is 17.8 Å². The van der Waals surface area contributed by atoms with E-state index in [1.807, 2.05) is 84.9 Å². The summed E-state index contributed by atoms with van der Waals surface area (Å²) >= 11 is 0. The molecular formula is C33H38N8O3. The molecule has 1 atom stereocenters. The van der Waals surface area contributed by atoms with E-state index in [0.717, 1.165) is 22.3 Å². The molecule has 4 rings (SSSR count). The third-order valence-electron chi connectivity index (χ3n) is 7.24. The number of hydrogen-bond acceptors (Lipinski definition) is 6. The quantitative estimate of drug-likeness (QED) is 0.0844. The molecule has 0 aliphatic carbocycles. The van der Waals surface area contributed by atoms with Gasteiger partial charge in [0, 0.05) is 31.4 Å². The first-order chi connectivity index (χ1) is 21.2. The van der Waals surface area contributed by atoms with Crippen LogP contribution in [-0.4, -0.2) is 45.2 Å². The molecule has 11 nitrogen and oxygen atoms in total. The molecular weight excluding hydrogens is 556 g/mol. The number of aliphatic imine (C=N–C) groups is 1. The fraction of sp³-hybridized carbons (Fsp3) is 0.242. The summed E-state index contributed by atoms with van der Waals surface area (Å²) in [6, 6.07) is 25.7. The fourth-order valence-corrected chi connectivity index (χ4v) is 4.91. The maximum atomic E-state index is 14.5. The Labute approximate surface area is 256 Å². The summed E-state index contributed by atoms with van der Waals surface area (Å²) in [5.74, 6) is -1.17. The van der Waals surface area contributed by atoms with E-state index < -0.39 is 17.9 Å². The predicted octanol–water partition coefficient (Wildman–Crippen LogP) is 2.76. The van der Waals surface area contributed by atoms with Gasteiger partial charge < -0.3 is 27.4 Å². The first-order valence-electron chi connectivity index (χ1n) is 14.4. The molecule has 0 saturated carbocycles. The van der Waals surface area contributed by atoms with Gasteiger partial charge >= 0.3 is 0 Å². The average Bonchev–Trinajstić information content (AvgIpc) is 3.02. The molecule has 0 fully saturated rings. The molecule has 0 spiro atoms. The summed E-state index contributed by atoms with van der Waals surface area (Å²) in [6.07, 6.45) is 2.26. The first-order valence-corrected chi connectivity index (χ1v) is 14.4. The normalized spacial score (nSPS) is 11.5. The van der Waals surface area contributed by atoms with Gasteiger partial charge in [-0.05, 0) is 42.0 Å². The lowest BCUT2D eigenvalue weighted by Crippen LogP contribution is -2.49. The van der Waals surface area contributed by atoms with Crippen LogP contribution in [0, 0.1) is 6.92 Å². The van der Waals surface area contributed by atoms with E-state index in [1.165, 1.54) is 6.20 Å². The van der Waals surface area contributed by atoms with Crippen LogP contribution < -0.4 is 28.1 Å². The number of nitrogens with zero attached hydrogens (tertiary/aromatic N) is 3. The number of rotatable bonds is 14. The second-order valence-corrected chi connectivity index (χ2v) is 10.5. The molecule has 4 aromatic rings. The van der Waals surface area contributed by atoms with Crippen molar-refractivity contribution in [2.45, 2.75) is 44.8 Å². The summed E-state index contributed by atoms with van der Waals surface area (Å²) in [5.41, 5.74) is 20.6. The lowest BCUT2D eigenvalue weighted by molar-refractivity contribution is -0.141. The highest BCUT2D eigenvalue weighted by Crippen LogP contribution is 2.29. The monoisotopic (exact) mass is 594 g/mol. The van der Waals surface area contributed by atoms with Crippen LogP contribution in [0.4, 0.5) is 5.95 Å². The highest BCUT2D eigenvalue weighted by atomic mass is 16.2. The van der Waals surface area contributed by atoms with Gasteiger partial charge in [0.15, 0.2) is 5.96 Å². The summed E-state index contributed by atoms with van der Waals surface area (Å²) in [7, 11) is 0. The zero-order valence-corrected chi connectivity index (χ0v) is 24.6. The predicted molar refractivity (Wildman–Crippen MR) is 172 cm³/mol. The Bertz CT molecular complexity index is 1580. The number of carbonyl (C=O) groups is 2. The minimum absolute atomic E-state index is 0.0409. The van der Waals surface area contributed by atoms with Crippen LogP contribution in [0.2, 0.25) is 0 Å². The lowest BCUT2D eigenvalue weighted by Gasteiger charge is -2.33. The minimum Gasteiger partial charge on any atom is -0.370 e. The van der Waals surface area contributed by atoms with Gasteiger partial charge in [-0.15, -0.1) is 0 Å². The van der Waals surface area contributed by atoms with Crippen molar-refractivity contribution in [2.75, 3.05) is 11.9 Å². The Hall–Kier alpha value is -5.45. The summed E-state index contributed by atoms with van der Waals surface area (Å²) in [4.78, 5) is 51.8. The Morgan fingerprint density at radius 1 is 0.909 bits per heavy atom. The number of primary amides is 1. The largest absolute Gasteiger partial charge is 0.370 e. The second kappa shape index (κ2) is 15.1. The summed E-state index contributed by atoms with van der Waals surface area (Å²) < 4.78 is 0. The number of aryl methyl sites for hydroxylation is 1. The van der Waals surface area contributed by atoms with Crippen molar-refractivity contribution in [1.82, 2.24) is 14.9 Å². The number of nitrogens with one attached hydrogen (secondary N) is 2. The first kappa shape index (κ1) is 31.5. The van der Waals surface area contributed by atoms with Gasteiger partial charge in [0.05, 0.1) is 5.92 Å². The number of aromatic nitrogens is 2. The lowest BCUT2D eigenvalue weighted by atomic mass is 9.89. The molecule has 8 N–H and O–H groups in total. The molecule has 0 aliphatic heterocycles. The highest BCUT2D eigenvalue weighted by molar-refractivity contribution is 5.92. The smallest absolute Gasteiger partial charge is 0.255 e. The summed E-state index contributed by atoms with van der Waals surface area (Å²) in [6.45, 7) is 2.58. The van der Waals surface area contributed by atoms with Crippen LogP contribution >= 0.6 is 0 Å².